The smallest absolute Gasteiger partial charge is 0.248 e. The quantitative estimate of drug-likeness (QED) is 0.736. The Labute approximate surface area is 113 Å². The highest BCUT2D eigenvalue weighted by molar-refractivity contribution is 5.94. The summed E-state index contributed by atoms with van der Waals surface area (Å²) in [6.07, 6.45) is 0. The zero-order valence-corrected chi connectivity index (χ0v) is 11.7. The molecule has 4 nitrogen and oxygen atoms in total. The van der Waals surface area contributed by atoms with E-state index in [9.17, 15) is 9.18 Å². The van der Waals surface area contributed by atoms with Crippen LogP contribution in [-0.4, -0.2) is 19.0 Å². The van der Waals surface area contributed by atoms with Gasteiger partial charge in [-0.3, -0.25) is 4.79 Å². The van der Waals surface area contributed by atoms with Gasteiger partial charge < -0.3 is 16.8 Å². The average Bonchev–Trinajstić information content (AvgIpc) is 2.34. The number of carbonyl (C=O) groups excluding carboxylic acids is 1. The van der Waals surface area contributed by atoms with Crippen LogP contribution in [0.15, 0.2) is 12.1 Å². The van der Waals surface area contributed by atoms with Crippen molar-refractivity contribution in [3.05, 3.63) is 29.1 Å². The Balaban J connectivity index is 2.91. The molecule has 19 heavy (non-hydrogen) atoms. The van der Waals surface area contributed by atoms with Crippen molar-refractivity contribution in [1.82, 2.24) is 0 Å². The van der Waals surface area contributed by atoms with Gasteiger partial charge in [-0.05, 0) is 37.4 Å². The van der Waals surface area contributed by atoms with Crippen LogP contribution in [0.1, 0.15) is 29.8 Å². The van der Waals surface area contributed by atoms with Gasteiger partial charge in [0.2, 0.25) is 5.91 Å². The molecule has 0 aliphatic rings. The van der Waals surface area contributed by atoms with Crippen LogP contribution in [0, 0.1) is 24.6 Å². The fraction of sp³-hybridized carbons (Fsp3) is 0.500. The summed E-state index contributed by atoms with van der Waals surface area (Å²) >= 11 is 0. The van der Waals surface area contributed by atoms with E-state index in [0.29, 0.717) is 36.2 Å². The Morgan fingerprint density at radius 2 is 2.05 bits per heavy atom. The lowest BCUT2D eigenvalue weighted by Crippen LogP contribution is -2.27. The van der Waals surface area contributed by atoms with Crippen molar-refractivity contribution in [3.8, 4) is 0 Å². The lowest BCUT2D eigenvalue weighted by Gasteiger charge is -2.21. The number of hydrogen-bond donors (Lipinski definition) is 3. The molecule has 0 fully saturated rings. The molecule has 0 radical (unpaired) electrons. The van der Waals surface area contributed by atoms with Crippen molar-refractivity contribution >= 4 is 11.6 Å². The normalized spacial score (nSPS) is 12.5. The van der Waals surface area contributed by atoms with Gasteiger partial charge in [0.15, 0.2) is 0 Å². The van der Waals surface area contributed by atoms with E-state index < -0.39 is 11.7 Å². The second-order valence-corrected chi connectivity index (χ2v) is 5.12. The molecule has 0 aromatic heterocycles. The Hall–Kier alpha value is -1.62. The van der Waals surface area contributed by atoms with E-state index in [4.69, 9.17) is 11.5 Å². The lowest BCUT2D eigenvalue weighted by molar-refractivity contribution is 0.1000. The van der Waals surface area contributed by atoms with Gasteiger partial charge in [-0.1, -0.05) is 13.8 Å². The zero-order valence-electron chi connectivity index (χ0n) is 11.7. The van der Waals surface area contributed by atoms with Crippen molar-refractivity contribution in [2.24, 2.45) is 23.3 Å². The Kier molecular flexibility index (Phi) is 5.30. The molecule has 106 valence electrons. The van der Waals surface area contributed by atoms with Gasteiger partial charge in [0.05, 0.1) is 0 Å². The molecule has 1 unspecified atom stereocenters. The third-order valence-electron chi connectivity index (χ3n) is 3.43. The van der Waals surface area contributed by atoms with Crippen molar-refractivity contribution < 1.29 is 9.18 Å². The number of hydrogen-bond acceptors (Lipinski definition) is 3. The fourth-order valence-electron chi connectivity index (χ4n) is 1.84. The molecule has 1 aromatic rings. The number of carbonyl (C=O) groups is 1. The maximum Gasteiger partial charge on any atom is 0.248 e. The molecule has 0 saturated heterocycles. The largest absolute Gasteiger partial charge is 0.384 e. The summed E-state index contributed by atoms with van der Waals surface area (Å²) in [5, 5.41) is 3.15. The first-order valence-electron chi connectivity index (χ1n) is 6.40. The van der Waals surface area contributed by atoms with Crippen LogP contribution in [0.25, 0.3) is 0 Å². The minimum Gasteiger partial charge on any atom is -0.384 e. The minimum atomic E-state index is -0.638. The van der Waals surface area contributed by atoms with Crippen LogP contribution in [0.4, 0.5) is 10.1 Å². The van der Waals surface area contributed by atoms with Gasteiger partial charge in [0, 0.05) is 23.4 Å². The van der Waals surface area contributed by atoms with Crippen molar-refractivity contribution in [2.45, 2.75) is 20.8 Å². The monoisotopic (exact) mass is 267 g/mol. The number of halogens is 1. The van der Waals surface area contributed by atoms with Crippen LogP contribution in [0.3, 0.4) is 0 Å². The van der Waals surface area contributed by atoms with E-state index in [-0.39, 0.29) is 5.56 Å². The maximum absolute atomic E-state index is 13.7. The molecule has 1 rings (SSSR count). The third-order valence-corrected chi connectivity index (χ3v) is 3.43. The van der Waals surface area contributed by atoms with Crippen LogP contribution in [0.5, 0.6) is 0 Å². The van der Waals surface area contributed by atoms with Gasteiger partial charge >= 0.3 is 0 Å². The van der Waals surface area contributed by atoms with E-state index in [1.54, 1.807) is 13.0 Å². The zero-order chi connectivity index (χ0) is 14.6. The number of benzene rings is 1. The average molecular weight is 267 g/mol. The molecule has 0 aliphatic heterocycles. The number of nitrogens with one attached hydrogen (secondary N) is 1. The van der Waals surface area contributed by atoms with Crippen LogP contribution in [-0.2, 0) is 0 Å². The number of nitrogens with two attached hydrogens (primary N) is 2. The fourth-order valence-corrected chi connectivity index (χ4v) is 1.84. The second kappa shape index (κ2) is 6.52. The standard InChI is InChI=1S/C14H22FN3O/c1-8(2)11(6-16)7-18-13-5-10(14(17)19)4-12(15)9(13)3/h4-5,8,11,18H,6-7,16H2,1-3H3,(H2,17,19). The molecular formula is C14H22FN3O. The van der Waals surface area contributed by atoms with Gasteiger partial charge in [-0.15, -0.1) is 0 Å². The summed E-state index contributed by atoms with van der Waals surface area (Å²) in [6.45, 7) is 7.03. The van der Waals surface area contributed by atoms with Gasteiger partial charge in [0.25, 0.3) is 0 Å². The van der Waals surface area contributed by atoms with Gasteiger partial charge in [-0.2, -0.15) is 0 Å². The first-order chi connectivity index (χ1) is 8.86. The van der Waals surface area contributed by atoms with Crippen LogP contribution >= 0.6 is 0 Å². The summed E-state index contributed by atoms with van der Waals surface area (Å²) < 4.78 is 13.7. The highest BCUT2D eigenvalue weighted by Crippen LogP contribution is 2.21. The van der Waals surface area contributed by atoms with Crippen molar-refractivity contribution in [3.63, 3.8) is 0 Å². The van der Waals surface area contributed by atoms with E-state index in [0.717, 1.165) is 6.07 Å². The summed E-state index contributed by atoms with van der Waals surface area (Å²) in [5.74, 6) is -0.351. The predicted molar refractivity (Wildman–Crippen MR) is 75.5 cm³/mol. The molecule has 1 amide bonds. The first kappa shape index (κ1) is 15.4. The molecule has 0 aliphatic carbocycles. The summed E-state index contributed by atoms with van der Waals surface area (Å²) in [4.78, 5) is 11.1. The highest BCUT2D eigenvalue weighted by atomic mass is 19.1. The van der Waals surface area contributed by atoms with Crippen molar-refractivity contribution in [1.29, 1.82) is 0 Å². The highest BCUT2D eigenvalue weighted by Gasteiger charge is 2.14. The maximum atomic E-state index is 13.7. The second-order valence-electron chi connectivity index (χ2n) is 5.12. The molecule has 1 atom stereocenters. The minimum absolute atomic E-state index is 0.166. The van der Waals surface area contributed by atoms with Crippen LogP contribution in [0.2, 0.25) is 0 Å². The summed E-state index contributed by atoms with van der Waals surface area (Å²) in [5.41, 5.74) is 12.1. The number of rotatable bonds is 6. The Bertz CT molecular complexity index is 460. The molecule has 5 N–H and O–H groups in total. The number of amides is 1. The Morgan fingerprint density at radius 3 is 2.53 bits per heavy atom. The number of primary amides is 1. The van der Waals surface area contributed by atoms with Gasteiger partial charge in [0.1, 0.15) is 5.82 Å². The lowest BCUT2D eigenvalue weighted by atomic mass is 9.96. The Morgan fingerprint density at radius 1 is 1.42 bits per heavy atom. The third kappa shape index (κ3) is 3.92. The van der Waals surface area contributed by atoms with E-state index in [1.807, 2.05) is 0 Å². The van der Waals surface area contributed by atoms with E-state index in [1.165, 1.54) is 0 Å². The number of anilines is 1. The first-order valence-corrected chi connectivity index (χ1v) is 6.40. The molecule has 0 spiro atoms. The SMILES string of the molecule is Cc1c(F)cc(C(N)=O)cc1NCC(CN)C(C)C. The molecular weight excluding hydrogens is 245 g/mol. The molecule has 5 heteroatoms. The van der Waals surface area contributed by atoms with E-state index in [2.05, 4.69) is 19.2 Å². The van der Waals surface area contributed by atoms with Crippen molar-refractivity contribution in [2.75, 3.05) is 18.4 Å². The topological polar surface area (TPSA) is 81.1 Å². The molecule has 0 heterocycles. The van der Waals surface area contributed by atoms with Crippen LogP contribution < -0.4 is 16.8 Å². The predicted octanol–water partition coefficient (Wildman–Crippen LogP) is 1.88. The van der Waals surface area contributed by atoms with Gasteiger partial charge in [-0.25, -0.2) is 4.39 Å². The van der Waals surface area contributed by atoms with E-state index >= 15 is 0 Å². The molecule has 0 bridgehead atoms. The molecule has 1 aromatic carbocycles. The molecule has 0 saturated carbocycles. The summed E-state index contributed by atoms with van der Waals surface area (Å²) in [7, 11) is 0. The summed E-state index contributed by atoms with van der Waals surface area (Å²) in [6, 6.07) is 2.74.